The first kappa shape index (κ1) is 14.7. The zero-order chi connectivity index (χ0) is 13.9. The summed E-state index contributed by atoms with van der Waals surface area (Å²) in [5, 5.41) is 3.13. The Morgan fingerprint density at radius 1 is 1.47 bits per heavy atom. The molecule has 2 unspecified atom stereocenters. The molecule has 1 amide bonds. The van der Waals surface area contributed by atoms with E-state index in [1.54, 1.807) is 4.90 Å². The van der Waals surface area contributed by atoms with Crippen LogP contribution < -0.4 is 5.32 Å². The van der Waals surface area contributed by atoms with Gasteiger partial charge in [-0.1, -0.05) is 6.92 Å². The predicted octanol–water partition coefficient (Wildman–Crippen LogP) is -0.599. The quantitative estimate of drug-likeness (QED) is 0.748. The van der Waals surface area contributed by atoms with Crippen LogP contribution in [0.15, 0.2) is 0 Å². The van der Waals surface area contributed by atoms with Crippen molar-refractivity contribution in [3.05, 3.63) is 0 Å². The van der Waals surface area contributed by atoms with Gasteiger partial charge in [0.05, 0.1) is 18.1 Å². The van der Waals surface area contributed by atoms with Crippen molar-refractivity contribution in [1.82, 2.24) is 10.2 Å². The van der Waals surface area contributed by atoms with Crippen molar-refractivity contribution in [1.29, 1.82) is 0 Å². The van der Waals surface area contributed by atoms with E-state index in [0.717, 1.165) is 13.0 Å². The number of carbonyl (C=O) groups excluding carboxylic acids is 1. The molecule has 0 aromatic heterocycles. The maximum atomic E-state index is 12.5. The Morgan fingerprint density at radius 3 is 2.79 bits per heavy atom. The van der Waals surface area contributed by atoms with Gasteiger partial charge in [0.2, 0.25) is 0 Å². The van der Waals surface area contributed by atoms with Crippen molar-refractivity contribution in [2.45, 2.75) is 31.9 Å². The molecule has 0 radical (unpaired) electrons. The van der Waals surface area contributed by atoms with E-state index in [9.17, 15) is 13.2 Å². The normalized spacial score (nSPS) is 30.2. The van der Waals surface area contributed by atoms with Gasteiger partial charge in [-0.15, -0.1) is 0 Å². The van der Waals surface area contributed by atoms with Gasteiger partial charge in [0, 0.05) is 25.7 Å². The summed E-state index contributed by atoms with van der Waals surface area (Å²) in [6, 6.07) is -0.178. The van der Waals surface area contributed by atoms with E-state index in [-0.39, 0.29) is 23.5 Å². The molecule has 0 bridgehead atoms. The second-order valence-electron chi connectivity index (χ2n) is 5.15. The number of morpholine rings is 1. The molecular weight excluding hydrogens is 268 g/mol. The Kier molecular flexibility index (Phi) is 4.81. The van der Waals surface area contributed by atoms with Crippen LogP contribution in [-0.2, 0) is 19.4 Å². The standard InChI is InChI=1S/C12H22N2O4S/c1-2-5-14(10-3-7-19(16,17)9-10)12(15)11-8-13-4-6-18-11/h10-11,13H,2-9H2,1H3. The fourth-order valence-electron chi connectivity index (χ4n) is 2.64. The third kappa shape index (κ3) is 3.67. The predicted molar refractivity (Wildman–Crippen MR) is 71.7 cm³/mol. The van der Waals surface area contributed by atoms with E-state index >= 15 is 0 Å². The molecule has 2 atom stereocenters. The van der Waals surface area contributed by atoms with Crippen LogP contribution in [0.1, 0.15) is 19.8 Å². The summed E-state index contributed by atoms with van der Waals surface area (Å²) in [5.74, 6) is 0.213. The summed E-state index contributed by atoms with van der Waals surface area (Å²) in [5.41, 5.74) is 0. The largest absolute Gasteiger partial charge is 0.366 e. The molecule has 2 aliphatic heterocycles. The molecule has 0 aliphatic carbocycles. The van der Waals surface area contributed by atoms with Crippen molar-refractivity contribution in [2.75, 3.05) is 37.7 Å². The van der Waals surface area contributed by atoms with Crippen molar-refractivity contribution >= 4 is 15.7 Å². The molecule has 0 aromatic rings. The Bertz CT molecular complexity index is 417. The maximum absolute atomic E-state index is 12.5. The minimum atomic E-state index is -2.97. The number of carbonyl (C=O) groups is 1. The first-order valence-electron chi connectivity index (χ1n) is 6.86. The maximum Gasteiger partial charge on any atom is 0.253 e. The summed E-state index contributed by atoms with van der Waals surface area (Å²) in [4.78, 5) is 14.2. The lowest BCUT2D eigenvalue weighted by molar-refractivity contribution is -0.147. The van der Waals surface area contributed by atoms with E-state index in [4.69, 9.17) is 4.74 Å². The lowest BCUT2D eigenvalue weighted by Crippen LogP contribution is -2.52. The number of rotatable bonds is 4. The van der Waals surface area contributed by atoms with Crippen molar-refractivity contribution in [2.24, 2.45) is 0 Å². The van der Waals surface area contributed by atoms with Gasteiger partial charge < -0.3 is 15.0 Å². The van der Waals surface area contributed by atoms with Crippen molar-refractivity contribution < 1.29 is 17.9 Å². The second-order valence-corrected chi connectivity index (χ2v) is 7.38. The third-order valence-electron chi connectivity index (χ3n) is 3.60. The van der Waals surface area contributed by atoms with Crippen molar-refractivity contribution in [3.63, 3.8) is 0 Å². The number of hydrogen-bond acceptors (Lipinski definition) is 5. The first-order valence-corrected chi connectivity index (χ1v) is 8.69. The smallest absolute Gasteiger partial charge is 0.253 e. The van der Waals surface area contributed by atoms with Crippen LogP contribution in [-0.4, -0.2) is 69.1 Å². The molecular formula is C12H22N2O4S. The molecule has 19 heavy (non-hydrogen) atoms. The lowest BCUT2D eigenvalue weighted by atomic mass is 10.1. The molecule has 2 aliphatic rings. The molecule has 2 saturated heterocycles. The number of sulfone groups is 1. The monoisotopic (exact) mass is 290 g/mol. The van der Waals surface area contributed by atoms with Crippen LogP contribution in [0.5, 0.6) is 0 Å². The van der Waals surface area contributed by atoms with Crippen LogP contribution in [0.25, 0.3) is 0 Å². The zero-order valence-electron chi connectivity index (χ0n) is 11.3. The Labute approximate surface area is 114 Å². The van der Waals surface area contributed by atoms with Crippen LogP contribution in [0.3, 0.4) is 0 Å². The minimum absolute atomic E-state index is 0.0730. The summed E-state index contributed by atoms with van der Waals surface area (Å²) in [7, 11) is -2.97. The lowest BCUT2D eigenvalue weighted by Gasteiger charge is -2.33. The molecule has 2 heterocycles. The third-order valence-corrected chi connectivity index (χ3v) is 5.35. The van der Waals surface area contributed by atoms with Crippen molar-refractivity contribution in [3.8, 4) is 0 Å². The molecule has 6 nitrogen and oxygen atoms in total. The highest BCUT2D eigenvalue weighted by Crippen LogP contribution is 2.19. The zero-order valence-corrected chi connectivity index (χ0v) is 12.1. The SMILES string of the molecule is CCCN(C(=O)C1CNCCO1)C1CCS(=O)(=O)C1. The molecule has 7 heteroatoms. The summed E-state index contributed by atoms with van der Waals surface area (Å²) >= 11 is 0. The van der Waals surface area contributed by atoms with Gasteiger partial charge in [-0.25, -0.2) is 8.42 Å². The Morgan fingerprint density at radius 2 is 2.26 bits per heavy atom. The summed E-state index contributed by atoms with van der Waals surface area (Å²) < 4.78 is 28.6. The number of hydrogen-bond donors (Lipinski definition) is 1. The van der Waals surface area contributed by atoms with E-state index in [2.05, 4.69) is 5.32 Å². The van der Waals surface area contributed by atoms with Gasteiger partial charge in [-0.2, -0.15) is 0 Å². The van der Waals surface area contributed by atoms with Gasteiger partial charge >= 0.3 is 0 Å². The fraction of sp³-hybridized carbons (Fsp3) is 0.917. The van der Waals surface area contributed by atoms with Gasteiger partial charge in [0.1, 0.15) is 6.10 Å². The highest BCUT2D eigenvalue weighted by molar-refractivity contribution is 7.91. The van der Waals surface area contributed by atoms with E-state index in [1.165, 1.54) is 0 Å². The summed E-state index contributed by atoms with van der Waals surface area (Å²) in [6.07, 6.45) is 0.903. The summed E-state index contributed by atoms with van der Waals surface area (Å²) in [6.45, 7) is 4.38. The molecule has 2 rings (SSSR count). The van der Waals surface area contributed by atoms with Gasteiger partial charge in [-0.3, -0.25) is 4.79 Å². The highest BCUT2D eigenvalue weighted by Gasteiger charge is 2.37. The molecule has 110 valence electrons. The average molecular weight is 290 g/mol. The van der Waals surface area contributed by atoms with Crippen LogP contribution in [0, 0.1) is 0 Å². The molecule has 0 spiro atoms. The van der Waals surface area contributed by atoms with E-state index in [0.29, 0.717) is 26.1 Å². The minimum Gasteiger partial charge on any atom is -0.366 e. The Balaban J connectivity index is 2.04. The number of ether oxygens (including phenoxy) is 1. The van der Waals surface area contributed by atoms with Gasteiger partial charge in [-0.05, 0) is 12.8 Å². The number of nitrogens with zero attached hydrogens (tertiary/aromatic N) is 1. The highest BCUT2D eigenvalue weighted by atomic mass is 32.2. The second kappa shape index (κ2) is 6.19. The number of amides is 1. The van der Waals surface area contributed by atoms with E-state index < -0.39 is 15.9 Å². The first-order chi connectivity index (χ1) is 9.03. The van der Waals surface area contributed by atoms with Gasteiger partial charge in [0.25, 0.3) is 5.91 Å². The fourth-order valence-corrected chi connectivity index (χ4v) is 4.37. The Hall–Kier alpha value is -0.660. The topological polar surface area (TPSA) is 75.7 Å². The van der Waals surface area contributed by atoms with Crippen LogP contribution >= 0.6 is 0 Å². The molecule has 0 saturated carbocycles. The molecule has 1 N–H and O–H groups in total. The van der Waals surface area contributed by atoms with Gasteiger partial charge in [0.15, 0.2) is 9.84 Å². The van der Waals surface area contributed by atoms with Crippen LogP contribution in [0.4, 0.5) is 0 Å². The molecule has 2 fully saturated rings. The number of nitrogens with one attached hydrogen (secondary N) is 1. The van der Waals surface area contributed by atoms with Crippen LogP contribution in [0.2, 0.25) is 0 Å². The molecule has 0 aromatic carbocycles. The van der Waals surface area contributed by atoms with E-state index in [1.807, 2.05) is 6.92 Å². The average Bonchev–Trinajstić information content (AvgIpc) is 2.76.